The summed E-state index contributed by atoms with van der Waals surface area (Å²) in [5, 5.41) is 12.3. The van der Waals surface area contributed by atoms with E-state index in [2.05, 4.69) is 37.1 Å². The number of carbonyl (C=O) groups is 2. The first-order chi connectivity index (χ1) is 13.0. The molecule has 1 heterocycles. The quantitative estimate of drug-likeness (QED) is 0.784. The van der Waals surface area contributed by atoms with Crippen molar-refractivity contribution in [3.05, 3.63) is 57.8 Å². The molecule has 0 saturated carbocycles. The molecular weight excluding hydrogens is 370 g/mol. The first kappa shape index (κ1) is 21.6. The average molecular weight is 396 g/mol. The van der Waals surface area contributed by atoms with Crippen molar-refractivity contribution in [3.63, 3.8) is 0 Å². The second-order valence-electron chi connectivity index (χ2n) is 7.73. The Kier molecular flexibility index (Phi) is 6.63. The van der Waals surface area contributed by atoms with Crippen molar-refractivity contribution in [2.45, 2.75) is 52.0 Å². The summed E-state index contributed by atoms with van der Waals surface area (Å²) in [6, 6.07) is 9.39. The van der Waals surface area contributed by atoms with Crippen molar-refractivity contribution in [1.29, 1.82) is 5.26 Å². The predicted octanol–water partition coefficient (Wildman–Crippen LogP) is 4.22. The monoisotopic (exact) mass is 395 g/mol. The number of imide groups is 1. The zero-order chi connectivity index (χ0) is 21.1. The van der Waals surface area contributed by atoms with E-state index in [4.69, 9.17) is 0 Å². The van der Waals surface area contributed by atoms with Gasteiger partial charge in [0.05, 0.1) is 11.3 Å². The molecule has 2 amide bonds. The van der Waals surface area contributed by atoms with Gasteiger partial charge in [0.2, 0.25) is 5.91 Å². The Morgan fingerprint density at radius 2 is 1.71 bits per heavy atom. The van der Waals surface area contributed by atoms with Gasteiger partial charge in [0.25, 0.3) is 5.91 Å². The number of aryl methyl sites for hydroxylation is 1. The van der Waals surface area contributed by atoms with Gasteiger partial charge in [-0.25, -0.2) is 4.98 Å². The molecule has 0 atom stereocenters. The van der Waals surface area contributed by atoms with Crippen LogP contribution in [0, 0.1) is 32.1 Å². The van der Waals surface area contributed by atoms with Crippen LogP contribution >= 0.6 is 11.8 Å². The van der Waals surface area contributed by atoms with Crippen LogP contribution < -0.4 is 5.32 Å². The maximum absolute atomic E-state index is 12.3. The second-order valence-corrected chi connectivity index (χ2v) is 8.70. The molecule has 28 heavy (non-hydrogen) atoms. The highest BCUT2D eigenvalue weighted by atomic mass is 32.2. The molecule has 1 N–H and O–H groups in total. The van der Waals surface area contributed by atoms with Crippen LogP contribution in [0.4, 0.5) is 0 Å². The van der Waals surface area contributed by atoms with Crippen LogP contribution in [0.2, 0.25) is 0 Å². The zero-order valence-electron chi connectivity index (χ0n) is 17.1. The van der Waals surface area contributed by atoms with Gasteiger partial charge in [-0.1, -0.05) is 44.7 Å². The molecule has 2 aromatic rings. The Morgan fingerprint density at radius 3 is 2.25 bits per heavy atom. The van der Waals surface area contributed by atoms with E-state index in [0.29, 0.717) is 16.2 Å². The number of pyridine rings is 1. The summed E-state index contributed by atoms with van der Waals surface area (Å²) >= 11 is 1.16. The van der Waals surface area contributed by atoms with Crippen LogP contribution in [0.5, 0.6) is 0 Å². The maximum atomic E-state index is 12.3. The summed E-state index contributed by atoms with van der Waals surface area (Å²) in [5.41, 5.74) is 4.69. The molecule has 0 aliphatic rings. The highest BCUT2D eigenvalue weighted by molar-refractivity contribution is 8.00. The van der Waals surface area contributed by atoms with Gasteiger partial charge in [0.1, 0.15) is 11.1 Å². The van der Waals surface area contributed by atoms with E-state index < -0.39 is 11.8 Å². The van der Waals surface area contributed by atoms with Crippen LogP contribution in [-0.2, 0) is 10.2 Å². The molecule has 0 unspecified atom stereocenters. The molecule has 0 radical (unpaired) electrons. The van der Waals surface area contributed by atoms with E-state index in [0.717, 1.165) is 34.1 Å². The van der Waals surface area contributed by atoms with E-state index >= 15 is 0 Å². The number of amides is 2. The fourth-order valence-corrected chi connectivity index (χ4v) is 3.52. The van der Waals surface area contributed by atoms with Gasteiger partial charge in [-0.05, 0) is 55.0 Å². The minimum Gasteiger partial charge on any atom is -0.292 e. The predicted molar refractivity (Wildman–Crippen MR) is 112 cm³/mol. The third-order valence-corrected chi connectivity index (χ3v) is 5.66. The van der Waals surface area contributed by atoms with Crippen LogP contribution in [0.25, 0.3) is 0 Å². The molecule has 1 aromatic heterocycles. The van der Waals surface area contributed by atoms with Gasteiger partial charge in [0, 0.05) is 11.3 Å². The lowest BCUT2D eigenvalue weighted by Gasteiger charge is -2.19. The highest BCUT2D eigenvalue weighted by Gasteiger charge is 2.17. The SMILES string of the molecule is Cc1nc(SCC(=O)NC(=O)c2ccc(C(C)(C)C)cc2)c(C#N)c(C)c1C. The van der Waals surface area contributed by atoms with Crippen molar-refractivity contribution in [2.24, 2.45) is 0 Å². The van der Waals surface area contributed by atoms with Gasteiger partial charge < -0.3 is 0 Å². The number of rotatable bonds is 4. The Hall–Kier alpha value is -2.65. The van der Waals surface area contributed by atoms with Gasteiger partial charge in [-0.3, -0.25) is 14.9 Å². The molecule has 0 aliphatic carbocycles. The third kappa shape index (κ3) is 4.99. The molecular formula is C22H25N3O2S. The number of carbonyl (C=O) groups excluding carboxylic acids is 2. The molecule has 5 nitrogen and oxygen atoms in total. The van der Waals surface area contributed by atoms with E-state index in [1.54, 1.807) is 12.1 Å². The lowest BCUT2D eigenvalue weighted by atomic mass is 9.87. The van der Waals surface area contributed by atoms with Gasteiger partial charge in [-0.2, -0.15) is 5.26 Å². The minimum absolute atomic E-state index is 0.00276. The van der Waals surface area contributed by atoms with Crippen LogP contribution in [-0.4, -0.2) is 22.6 Å². The minimum atomic E-state index is -0.434. The summed E-state index contributed by atoms with van der Waals surface area (Å²) in [5.74, 6) is -0.845. The van der Waals surface area contributed by atoms with Crippen molar-refractivity contribution in [1.82, 2.24) is 10.3 Å². The zero-order valence-corrected chi connectivity index (χ0v) is 18.0. The van der Waals surface area contributed by atoms with Crippen molar-refractivity contribution in [2.75, 3.05) is 5.75 Å². The van der Waals surface area contributed by atoms with E-state index in [9.17, 15) is 14.9 Å². The smallest absolute Gasteiger partial charge is 0.257 e. The highest BCUT2D eigenvalue weighted by Crippen LogP contribution is 2.26. The second kappa shape index (κ2) is 8.57. The summed E-state index contributed by atoms with van der Waals surface area (Å²) in [4.78, 5) is 28.9. The summed E-state index contributed by atoms with van der Waals surface area (Å²) in [6.45, 7) is 12.0. The normalized spacial score (nSPS) is 11.0. The number of benzene rings is 1. The number of thioether (sulfide) groups is 1. The molecule has 0 fully saturated rings. The number of hydrogen-bond donors (Lipinski definition) is 1. The number of nitrogens with zero attached hydrogens (tertiary/aromatic N) is 2. The first-order valence-corrected chi connectivity index (χ1v) is 9.98. The Morgan fingerprint density at radius 1 is 1.11 bits per heavy atom. The van der Waals surface area contributed by atoms with Crippen LogP contribution in [0.3, 0.4) is 0 Å². The molecule has 0 aliphatic heterocycles. The van der Waals surface area contributed by atoms with E-state index in [1.165, 1.54) is 0 Å². The lowest BCUT2D eigenvalue weighted by molar-refractivity contribution is -0.117. The van der Waals surface area contributed by atoms with Crippen molar-refractivity contribution in [3.8, 4) is 6.07 Å². The lowest BCUT2D eigenvalue weighted by Crippen LogP contribution is -2.32. The van der Waals surface area contributed by atoms with Gasteiger partial charge in [-0.15, -0.1) is 0 Å². The standard InChI is InChI=1S/C22H25N3O2S/c1-13-14(2)18(11-23)21(24-15(13)3)28-12-19(26)25-20(27)16-7-9-17(10-8-16)22(4,5)6/h7-10H,12H2,1-6H3,(H,25,26,27). The van der Waals surface area contributed by atoms with Gasteiger partial charge in [0.15, 0.2) is 0 Å². The van der Waals surface area contributed by atoms with E-state index in [-0.39, 0.29) is 11.2 Å². The summed E-state index contributed by atoms with van der Waals surface area (Å²) in [6.07, 6.45) is 0. The molecule has 6 heteroatoms. The maximum Gasteiger partial charge on any atom is 0.257 e. The molecule has 2 rings (SSSR count). The summed E-state index contributed by atoms with van der Waals surface area (Å²) in [7, 11) is 0. The van der Waals surface area contributed by atoms with E-state index in [1.807, 2.05) is 32.9 Å². The van der Waals surface area contributed by atoms with Crippen LogP contribution in [0.15, 0.2) is 29.3 Å². The fourth-order valence-electron chi connectivity index (χ4n) is 2.64. The fraction of sp³-hybridized carbons (Fsp3) is 0.364. The molecule has 1 aromatic carbocycles. The van der Waals surface area contributed by atoms with Gasteiger partial charge >= 0.3 is 0 Å². The average Bonchev–Trinajstić information content (AvgIpc) is 2.64. The first-order valence-electron chi connectivity index (χ1n) is 9.00. The number of nitrogens with one attached hydrogen (secondary N) is 1. The Bertz CT molecular complexity index is 952. The largest absolute Gasteiger partial charge is 0.292 e. The molecule has 146 valence electrons. The number of hydrogen-bond acceptors (Lipinski definition) is 5. The molecule has 0 spiro atoms. The van der Waals surface area contributed by atoms with Crippen LogP contribution in [0.1, 0.15) is 59.1 Å². The molecule has 0 bridgehead atoms. The summed E-state index contributed by atoms with van der Waals surface area (Å²) < 4.78 is 0. The molecule has 0 saturated heterocycles. The number of aromatic nitrogens is 1. The number of nitriles is 1. The Balaban J connectivity index is 2.03. The van der Waals surface area contributed by atoms with Crippen molar-refractivity contribution < 1.29 is 9.59 Å². The Labute approximate surface area is 170 Å². The van der Waals surface area contributed by atoms with Crippen molar-refractivity contribution >= 4 is 23.6 Å². The third-order valence-electron chi connectivity index (χ3n) is 4.68. The topological polar surface area (TPSA) is 82.8 Å².